The molecule has 2 saturated carbocycles. The van der Waals surface area contributed by atoms with Crippen molar-refractivity contribution in [1.29, 1.82) is 0 Å². The highest BCUT2D eigenvalue weighted by Crippen LogP contribution is 2.59. The Morgan fingerprint density at radius 3 is 2.40 bits per heavy atom. The van der Waals surface area contributed by atoms with Crippen molar-refractivity contribution < 1.29 is 8.78 Å². The maximum atomic E-state index is 13.7. The fraction of sp³-hybridized carbons (Fsp3) is 0.500. The van der Waals surface area contributed by atoms with E-state index in [1.807, 2.05) is 47.0 Å². The first-order valence-electron chi connectivity index (χ1n) is 12.5. The molecule has 2 aliphatic carbocycles. The molecule has 7 nitrogen and oxygen atoms in total. The van der Waals surface area contributed by atoms with Crippen LogP contribution >= 0.6 is 0 Å². The van der Waals surface area contributed by atoms with E-state index in [-0.39, 0.29) is 0 Å². The Morgan fingerprint density at radius 2 is 1.69 bits per heavy atom. The van der Waals surface area contributed by atoms with Crippen molar-refractivity contribution in [2.75, 3.05) is 41.7 Å². The number of aromatic nitrogens is 4. The van der Waals surface area contributed by atoms with E-state index in [2.05, 4.69) is 15.0 Å². The van der Waals surface area contributed by atoms with Crippen LogP contribution in [0, 0.1) is 24.2 Å². The number of nitrogens with zero attached hydrogens (tertiary/aromatic N) is 6. The second-order valence-electron chi connectivity index (χ2n) is 10.9. The highest BCUT2D eigenvalue weighted by molar-refractivity contribution is 5.69. The average Bonchev–Trinajstić information content (AvgIpc) is 3.45. The second-order valence-corrected chi connectivity index (χ2v) is 10.9. The fourth-order valence-corrected chi connectivity index (χ4v) is 5.99. The smallest absolute Gasteiger partial charge is 0.258 e. The van der Waals surface area contributed by atoms with Crippen LogP contribution in [-0.2, 0) is 0 Å². The summed E-state index contributed by atoms with van der Waals surface area (Å²) >= 11 is 0. The van der Waals surface area contributed by atoms with Crippen LogP contribution in [0.3, 0.4) is 0 Å². The predicted molar refractivity (Wildman–Crippen MR) is 131 cm³/mol. The molecule has 2 aromatic heterocycles. The number of alkyl halides is 2. The maximum absolute atomic E-state index is 13.7. The molecule has 2 N–H and O–H groups in total. The maximum Gasteiger partial charge on any atom is 0.258 e. The van der Waals surface area contributed by atoms with Crippen molar-refractivity contribution in [3.8, 4) is 16.9 Å². The number of piperidine rings is 2. The van der Waals surface area contributed by atoms with Gasteiger partial charge in [0.15, 0.2) is 0 Å². The summed E-state index contributed by atoms with van der Waals surface area (Å²) in [5.41, 5.74) is 12.0. The van der Waals surface area contributed by atoms with E-state index in [4.69, 9.17) is 10.7 Å². The van der Waals surface area contributed by atoms with E-state index in [9.17, 15) is 8.78 Å². The van der Waals surface area contributed by atoms with Crippen molar-refractivity contribution in [2.45, 2.75) is 38.5 Å². The monoisotopic (exact) mass is 477 g/mol. The average molecular weight is 478 g/mol. The first kappa shape index (κ1) is 21.1. The number of anilines is 3. The van der Waals surface area contributed by atoms with E-state index in [1.54, 1.807) is 6.20 Å². The SMILES string of the molecule is Cc1cc(-c2cnn(-c3ccc(N)cc3N3CCC4(CC3)CC4)c2)nc(N2CC3C(C2)C3(F)F)n1. The third-order valence-electron chi connectivity index (χ3n) is 8.57. The van der Waals surface area contributed by atoms with Gasteiger partial charge in [0.25, 0.3) is 5.92 Å². The molecular weight excluding hydrogens is 448 g/mol. The molecule has 3 aromatic rings. The zero-order chi connectivity index (χ0) is 23.9. The van der Waals surface area contributed by atoms with Gasteiger partial charge in [-0.3, -0.25) is 0 Å². The van der Waals surface area contributed by atoms with Gasteiger partial charge in [-0.1, -0.05) is 0 Å². The van der Waals surface area contributed by atoms with E-state index < -0.39 is 17.8 Å². The van der Waals surface area contributed by atoms with E-state index in [0.717, 1.165) is 47.1 Å². The standard InChI is InChI=1S/C26H29F2N7/c1-16-10-21(32-24(31-16)34-14-19-20(15-34)26(19,27)28)17-12-30-35(13-17)22-3-2-18(29)11-23(22)33-8-6-25(4-5-25)7-9-33/h2-3,10-13,19-20H,4-9,14-15,29H2,1H3. The van der Waals surface area contributed by atoms with Gasteiger partial charge in [-0.15, -0.1) is 0 Å². The van der Waals surface area contributed by atoms with Crippen molar-refractivity contribution in [3.63, 3.8) is 0 Å². The molecule has 7 rings (SSSR count). The lowest BCUT2D eigenvalue weighted by Crippen LogP contribution is -2.35. The van der Waals surface area contributed by atoms with E-state index in [0.29, 0.717) is 24.5 Å². The molecule has 0 amide bonds. The largest absolute Gasteiger partial charge is 0.399 e. The number of benzene rings is 1. The Morgan fingerprint density at radius 1 is 0.943 bits per heavy atom. The lowest BCUT2D eigenvalue weighted by molar-refractivity contribution is 0.0796. The fourth-order valence-electron chi connectivity index (χ4n) is 5.99. The molecule has 2 saturated heterocycles. The molecule has 35 heavy (non-hydrogen) atoms. The minimum Gasteiger partial charge on any atom is -0.399 e. The zero-order valence-corrected chi connectivity index (χ0v) is 19.8. The second kappa shape index (κ2) is 7.15. The van der Waals surface area contributed by atoms with Gasteiger partial charge in [-0.05, 0) is 62.3 Å². The number of fused-ring (bicyclic) bond motifs is 1. The predicted octanol–water partition coefficient (Wildman–Crippen LogP) is 4.30. The number of rotatable bonds is 4. The van der Waals surface area contributed by atoms with Gasteiger partial charge in [-0.2, -0.15) is 5.10 Å². The summed E-state index contributed by atoms with van der Waals surface area (Å²) in [7, 11) is 0. The lowest BCUT2D eigenvalue weighted by Gasteiger charge is -2.35. The number of hydrogen-bond donors (Lipinski definition) is 1. The van der Waals surface area contributed by atoms with Crippen LogP contribution < -0.4 is 15.5 Å². The third-order valence-corrected chi connectivity index (χ3v) is 8.57. The summed E-state index contributed by atoms with van der Waals surface area (Å²) in [6.07, 6.45) is 8.99. The summed E-state index contributed by atoms with van der Waals surface area (Å²) in [6.45, 7) is 4.61. The summed E-state index contributed by atoms with van der Waals surface area (Å²) in [6, 6.07) is 7.90. The van der Waals surface area contributed by atoms with Crippen molar-refractivity contribution in [2.24, 2.45) is 17.3 Å². The number of hydrogen-bond acceptors (Lipinski definition) is 6. The minimum atomic E-state index is -2.52. The Hall–Kier alpha value is -3.23. The Bertz CT molecular complexity index is 1290. The van der Waals surface area contributed by atoms with Gasteiger partial charge in [0.2, 0.25) is 5.95 Å². The number of halogens is 2. The molecule has 4 fully saturated rings. The molecule has 1 aromatic carbocycles. The van der Waals surface area contributed by atoms with Crippen molar-refractivity contribution in [1.82, 2.24) is 19.7 Å². The highest BCUT2D eigenvalue weighted by atomic mass is 19.3. The van der Waals surface area contributed by atoms with Crippen LogP contribution in [0.15, 0.2) is 36.7 Å². The molecule has 1 spiro atoms. The summed E-state index contributed by atoms with van der Waals surface area (Å²) in [5.74, 6) is -3.13. The Kier molecular flexibility index (Phi) is 4.31. The molecule has 2 unspecified atom stereocenters. The first-order chi connectivity index (χ1) is 16.8. The lowest BCUT2D eigenvalue weighted by atomic mass is 9.93. The molecular formula is C26H29F2N7. The van der Waals surface area contributed by atoms with E-state index >= 15 is 0 Å². The highest BCUT2D eigenvalue weighted by Gasteiger charge is 2.72. The molecule has 9 heteroatoms. The van der Waals surface area contributed by atoms with Crippen LogP contribution in [-0.4, -0.2) is 51.8 Å². The number of nitrogen functional groups attached to an aromatic ring is 1. The zero-order valence-electron chi connectivity index (χ0n) is 19.8. The van der Waals surface area contributed by atoms with Gasteiger partial charge in [0, 0.05) is 49.3 Å². The Balaban J connectivity index is 1.17. The minimum absolute atomic E-state index is 0.311. The van der Waals surface area contributed by atoms with Crippen LogP contribution in [0.5, 0.6) is 0 Å². The molecule has 4 heterocycles. The van der Waals surface area contributed by atoms with Gasteiger partial charge >= 0.3 is 0 Å². The van der Waals surface area contributed by atoms with Gasteiger partial charge in [-0.25, -0.2) is 23.4 Å². The van der Waals surface area contributed by atoms with Crippen LogP contribution in [0.25, 0.3) is 16.9 Å². The molecule has 4 aliphatic rings. The third kappa shape index (κ3) is 3.46. The van der Waals surface area contributed by atoms with Crippen molar-refractivity contribution in [3.05, 3.63) is 42.4 Å². The first-order valence-corrected chi connectivity index (χ1v) is 12.5. The van der Waals surface area contributed by atoms with Gasteiger partial charge < -0.3 is 15.5 Å². The molecule has 2 aliphatic heterocycles. The quantitative estimate of drug-likeness (QED) is 0.565. The van der Waals surface area contributed by atoms with Crippen LogP contribution in [0.2, 0.25) is 0 Å². The molecule has 182 valence electrons. The molecule has 0 bridgehead atoms. The van der Waals surface area contributed by atoms with Gasteiger partial charge in [0.05, 0.1) is 35.1 Å². The number of aryl methyl sites for hydroxylation is 1. The summed E-state index contributed by atoms with van der Waals surface area (Å²) < 4.78 is 29.2. The molecule has 2 atom stereocenters. The summed E-state index contributed by atoms with van der Waals surface area (Å²) in [5, 5.41) is 4.66. The van der Waals surface area contributed by atoms with Crippen LogP contribution in [0.4, 0.5) is 26.1 Å². The van der Waals surface area contributed by atoms with Crippen molar-refractivity contribution >= 4 is 17.3 Å². The molecule has 0 radical (unpaired) electrons. The van der Waals surface area contributed by atoms with E-state index in [1.165, 1.54) is 25.7 Å². The summed E-state index contributed by atoms with van der Waals surface area (Å²) in [4.78, 5) is 13.6. The van der Waals surface area contributed by atoms with Crippen LogP contribution in [0.1, 0.15) is 31.4 Å². The Labute approximate surface area is 203 Å². The number of nitrogens with two attached hydrogens (primary N) is 1. The van der Waals surface area contributed by atoms with Gasteiger partial charge in [0.1, 0.15) is 0 Å². The normalized spacial score (nSPS) is 25.7. The topological polar surface area (TPSA) is 76.1 Å².